The van der Waals surface area contributed by atoms with Crippen LogP contribution in [0.2, 0.25) is 5.02 Å². The first-order valence-electron chi connectivity index (χ1n) is 10.2. The lowest BCUT2D eigenvalue weighted by Gasteiger charge is -2.17. The number of aliphatic carboxylic acids is 1. The first kappa shape index (κ1) is 21.8. The molecule has 0 aromatic heterocycles. The third-order valence-corrected chi connectivity index (χ3v) is 5.95. The predicted octanol–water partition coefficient (Wildman–Crippen LogP) is 5.40. The molecule has 0 aliphatic heterocycles. The molecule has 1 atom stereocenters. The number of hydrogen-bond acceptors (Lipinski definition) is 3. The van der Waals surface area contributed by atoms with Crippen molar-refractivity contribution in [2.24, 2.45) is 0 Å². The molecule has 7 heteroatoms. The molecule has 3 aromatic carbocycles. The third kappa shape index (κ3) is 4.60. The fraction of sp³-hybridized carbons (Fsp3) is 0.200. The first-order chi connectivity index (χ1) is 15.4. The second kappa shape index (κ2) is 9.40. The summed E-state index contributed by atoms with van der Waals surface area (Å²) in [5.41, 5.74) is 4.95. The fourth-order valence-electron chi connectivity index (χ4n) is 4.05. The Labute approximate surface area is 189 Å². The number of nitrogens with one attached hydrogen (secondary N) is 1. The second-order valence-electron chi connectivity index (χ2n) is 7.65. The summed E-state index contributed by atoms with van der Waals surface area (Å²) in [6.45, 7) is 0.0919. The second-order valence-corrected chi connectivity index (χ2v) is 8.06. The summed E-state index contributed by atoms with van der Waals surface area (Å²) in [6, 6.07) is 19.0. The van der Waals surface area contributed by atoms with Gasteiger partial charge in [0.25, 0.3) is 0 Å². The van der Waals surface area contributed by atoms with E-state index >= 15 is 0 Å². The van der Waals surface area contributed by atoms with Gasteiger partial charge in [-0.3, -0.25) is 0 Å². The summed E-state index contributed by atoms with van der Waals surface area (Å²) in [7, 11) is 0. The Kier molecular flexibility index (Phi) is 6.42. The molecular weight excluding hydrogens is 433 g/mol. The van der Waals surface area contributed by atoms with E-state index in [0.717, 1.165) is 22.3 Å². The Balaban J connectivity index is 1.38. The Morgan fingerprint density at radius 1 is 1.03 bits per heavy atom. The zero-order chi connectivity index (χ0) is 22.7. The number of carboxylic acid groups (broad SMARTS) is 1. The maximum absolute atomic E-state index is 13.6. The van der Waals surface area contributed by atoms with E-state index in [1.165, 1.54) is 12.1 Å². The lowest BCUT2D eigenvalue weighted by atomic mass is 9.98. The molecule has 0 bridgehead atoms. The molecular formula is C25H21ClFNO4. The van der Waals surface area contributed by atoms with Crippen molar-refractivity contribution in [3.8, 4) is 11.1 Å². The van der Waals surface area contributed by atoms with Crippen LogP contribution in [-0.2, 0) is 16.0 Å². The number of amides is 1. The molecule has 2 N–H and O–H groups in total. The van der Waals surface area contributed by atoms with E-state index in [4.69, 9.17) is 16.3 Å². The molecule has 0 unspecified atom stereocenters. The molecule has 3 aromatic rings. The molecule has 5 nitrogen and oxygen atoms in total. The number of carbonyl (C=O) groups excluding carboxylic acids is 1. The van der Waals surface area contributed by atoms with Crippen LogP contribution in [0.25, 0.3) is 11.1 Å². The highest BCUT2D eigenvalue weighted by atomic mass is 35.5. The van der Waals surface area contributed by atoms with Crippen LogP contribution < -0.4 is 5.32 Å². The summed E-state index contributed by atoms with van der Waals surface area (Å²) >= 11 is 5.67. The Morgan fingerprint density at radius 2 is 1.66 bits per heavy atom. The molecule has 4 rings (SSSR count). The van der Waals surface area contributed by atoms with Crippen molar-refractivity contribution in [3.63, 3.8) is 0 Å². The van der Waals surface area contributed by atoms with Crippen molar-refractivity contribution in [2.45, 2.75) is 24.8 Å². The van der Waals surface area contributed by atoms with Gasteiger partial charge in [-0.1, -0.05) is 66.2 Å². The summed E-state index contributed by atoms with van der Waals surface area (Å²) in [4.78, 5) is 24.0. The lowest BCUT2D eigenvalue weighted by Crippen LogP contribution is -2.41. The standard InChI is InChI=1S/C25H21ClFNO4/c26-21-11-9-15(13-22(21)27)10-12-23(24(29)30)28-25(31)32-14-20-18-7-3-1-5-16(18)17-6-2-4-8-19(17)20/h1-9,11,13,20,23H,10,12,14H2,(H,28,31)(H,29,30)/t23-/m1/s1. The number of ether oxygens (including phenoxy) is 1. The van der Waals surface area contributed by atoms with Gasteiger partial charge in [-0.2, -0.15) is 0 Å². The highest BCUT2D eigenvalue weighted by Crippen LogP contribution is 2.44. The number of alkyl carbamates (subject to hydrolysis) is 1. The van der Waals surface area contributed by atoms with Gasteiger partial charge in [0.2, 0.25) is 0 Å². The molecule has 0 saturated heterocycles. The summed E-state index contributed by atoms with van der Waals surface area (Å²) < 4.78 is 19.0. The van der Waals surface area contributed by atoms with Crippen LogP contribution >= 0.6 is 11.6 Å². The largest absolute Gasteiger partial charge is 0.480 e. The number of aryl methyl sites for hydroxylation is 1. The van der Waals surface area contributed by atoms with E-state index < -0.39 is 23.9 Å². The minimum Gasteiger partial charge on any atom is -0.480 e. The fourth-order valence-corrected chi connectivity index (χ4v) is 4.16. The van der Waals surface area contributed by atoms with Crippen LogP contribution in [0.1, 0.15) is 29.0 Å². The van der Waals surface area contributed by atoms with Crippen LogP contribution in [0.15, 0.2) is 66.7 Å². The van der Waals surface area contributed by atoms with Gasteiger partial charge in [-0.15, -0.1) is 0 Å². The molecule has 1 aliphatic rings. The van der Waals surface area contributed by atoms with E-state index in [1.807, 2.05) is 48.5 Å². The van der Waals surface area contributed by atoms with Crippen LogP contribution in [-0.4, -0.2) is 29.8 Å². The van der Waals surface area contributed by atoms with Crippen molar-refractivity contribution in [2.75, 3.05) is 6.61 Å². The molecule has 164 valence electrons. The smallest absolute Gasteiger partial charge is 0.407 e. The van der Waals surface area contributed by atoms with Crippen LogP contribution in [0.4, 0.5) is 9.18 Å². The van der Waals surface area contributed by atoms with Gasteiger partial charge < -0.3 is 15.2 Å². The number of halogens is 2. The monoisotopic (exact) mass is 453 g/mol. The zero-order valence-electron chi connectivity index (χ0n) is 17.1. The summed E-state index contributed by atoms with van der Waals surface area (Å²) in [5.74, 6) is -1.87. The van der Waals surface area contributed by atoms with Gasteiger partial charge in [-0.25, -0.2) is 14.0 Å². The number of fused-ring (bicyclic) bond motifs is 3. The minimum absolute atomic E-state index is 0.000275. The van der Waals surface area contributed by atoms with Gasteiger partial charge in [0.1, 0.15) is 18.5 Å². The molecule has 1 amide bonds. The highest BCUT2D eigenvalue weighted by molar-refractivity contribution is 6.30. The predicted molar refractivity (Wildman–Crippen MR) is 119 cm³/mol. The minimum atomic E-state index is -1.19. The lowest BCUT2D eigenvalue weighted by molar-refractivity contribution is -0.139. The van der Waals surface area contributed by atoms with E-state index in [2.05, 4.69) is 5.32 Å². The highest BCUT2D eigenvalue weighted by Gasteiger charge is 2.29. The van der Waals surface area contributed by atoms with Crippen LogP contribution in [0.5, 0.6) is 0 Å². The number of carbonyl (C=O) groups is 2. The molecule has 0 fully saturated rings. The van der Waals surface area contributed by atoms with Crippen LogP contribution in [0, 0.1) is 5.82 Å². The van der Waals surface area contributed by atoms with Crippen molar-refractivity contribution < 1.29 is 23.8 Å². The quantitative estimate of drug-likeness (QED) is 0.502. The molecule has 0 radical (unpaired) electrons. The topological polar surface area (TPSA) is 75.6 Å². The summed E-state index contributed by atoms with van der Waals surface area (Å²) in [5, 5.41) is 11.9. The normalized spacial score (nSPS) is 13.2. The number of benzene rings is 3. The number of hydrogen-bond donors (Lipinski definition) is 2. The van der Waals surface area contributed by atoms with Crippen molar-refractivity contribution in [1.29, 1.82) is 0 Å². The molecule has 1 aliphatic carbocycles. The Morgan fingerprint density at radius 3 is 2.25 bits per heavy atom. The molecule has 32 heavy (non-hydrogen) atoms. The SMILES string of the molecule is O=C(N[C@H](CCc1ccc(Cl)c(F)c1)C(=O)O)OCC1c2ccccc2-c2ccccc21. The van der Waals surface area contributed by atoms with E-state index in [-0.39, 0.29) is 30.4 Å². The van der Waals surface area contributed by atoms with Crippen LogP contribution in [0.3, 0.4) is 0 Å². The van der Waals surface area contributed by atoms with Gasteiger partial charge in [0, 0.05) is 5.92 Å². The van der Waals surface area contributed by atoms with E-state index in [1.54, 1.807) is 6.07 Å². The van der Waals surface area contributed by atoms with Gasteiger partial charge in [-0.05, 0) is 52.8 Å². The van der Waals surface area contributed by atoms with Crippen molar-refractivity contribution >= 4 is 23.7 Å². The maximum Gasteiger partial charge on any atom is 0.407 e. The number of rotatable bonds is 7. The maximum atomic E-state index is 13.6. The van der Waals surface area contributed by atoms with Gasteiger partial charge in [0.05, 0.1) is 5.02 Å². The zero-order valence-corrected chi connectivity index (χ0v) is 17.8. The Hall–Kier alpha value is -3.38. The third-order valence-electron chi connectivity index (χ3n) is 5.64. The van der Waals surface area contributed by atoms with Gasteiger partial charge in [0.15, 0.2) is 0 Å². The molecule has 0 saturated carbocycles. The molecule has 0 spiro atoms. The molecule has 0 heterocycles. The number of carboxylic acids is 1. The van der Waals surface area contributed by atoms with Gasteiger partial charge >= 0.3 is 12.1 Å². The Bertz CT molecular complexity index is 1120. The first-order valence-corrected chi connectivity index (χ1v) is 10.6. The van der Waals surface area contributed by atoms with E-state index in [9.17, 15) is 19.1 Å². The van der Waals surface area contributed by atoms with Crippen molar-refractivity contribution in [3.05, 3.63) is 94.3 Å². The van der Waals surface area contributed by atoms with Crippen molar-refractivity contribution in [1.82, 2.24) is 5.32 Å². The summed E-state index contributed by atoms with van der Waals surface area (Å²) in [6.07, 6.45) is -0.462. The average Bonchev–Trinajstić information content (AvgIpc) is 3.11. The van der Waals surface area contributed by atoms with E-state index in [0.29, 0.717) is 5.56 Å². The average molecular weight is 454 g/mol.